The largest absolute Gasteiger partial charge is 0.346 e. The molecule has 0 aliphatic rings. The third kappa shape index (κ3) is 3.59. The van der Waals surface area contributed by atoms with Gasteiger partial charge in [-0.05, 0) is 12.1 Å². The van der Waals surface area contributed by atoms with E-state index >= 15 is 0 Å². The van der Waals surface area contributed by atoms with Gasteiger partial charge in [-0.3, -0.25) is 4.79 Å². The molecule has 0 bridgehead atoms. The van der Waals surface area contributed by atoms with Crippen LogP contribution in [0.1, 0.15) is 10.4 Å². The second-order valence-corrected chi connectivity index (χ2v) is 3.20. The Bertz CT molecular complexity index is 388. The number of hydrogen-bond donors (Lipinski definition) is 3. The van der Waals surface area contributed by atoms with E-state index in [9.17, 15) is 13.6 Å². The van der Waals surface area contributed by atoms with Gasteiger partial charge in [-0.25, -0.2) is 19.6 Å². The van der Waals surface area contributed by atoms with E-state index in [4.69, 9.17) is 17.4 Å². The lowest BCUT2D eigenvalue weighted by Gasteiger charge is -2.06. The van der Waals surface area contributed by atoms with Crippen LogP contribution in [-0.2, 0) is 0 Å². The average molecular weight is 251 g/mol. The van der Waals surface area contributed by atoms with Crippen LogP contribution < -0.4 is 16.6 Å². The molecular weight excluding hydrogens is 242 g/mol. The predicted octanol–water partition coefficient (Wildman–Crippen LogP) is 1.02. The first-order valence-electron chi connectivity index (χ1n) is 4.23. The predicted molar refractivity (Wildman–Crippen MR) is 55.4 cm³/mol. The fourth-order valence-corrected chi connectivity index (χ4v) is 1.18. The zero-order valence-electron chi connectivity index (χ0n) is 8.01. The van der Waals surface area contributed by atoms with E-state index in [2.05, 4.69) is 10.4 Å². The van der Waals surface area contributed by atoms with Gasteiger partial charge in [0.15, 0.2) is 0 Å². The van der Waals surface area contributed by atoms with Gasteiger partial charge in [-0.15, -0.1) is 0 Å². The second kappa shape index (κ2) is 5.57. The molecule has 0 aliphatic carbocycles. The first-order valence-corrected chi connectivity index (χ1v) is 4.61. The highest BCUT2D eigenvalue weighted by Gasteiger charge is 2.11. The smallest absolute Gasteiger partial charge is 0.255 e. The van der Waals surface area contributed by atoms with Crippen LogP contribution >= 0.6 is 11.6 Å². The van der Waals surface area contributed by atoms with Crippen LogP contribution in [0.4, 0.5) is 14.6 Å². The third-order valence-electron chi connectivity index (χ3n) is 1.62. The summed E-state index contributed by atoms with van der Waals surface area (Å²) in [6.45, 7) is -0.718. The van der Waals surface area contributed by atoms with Crippen molar-refractivity contribution < 1.29 is 13.6 Å². The standard InChI is InChI=1S/C8H9ClF2N4O/c9-5-1-4(2-7(14-5)15-12)8(16)13-3-6(10)11/h1-2,6H,3,12H2,(H,13,16)(H,14,15). The van der Waals surface area contributed by atoms with E-state index < -0.39 is 18.9 Å². The number of rotatable bonds is 4. The summed E-state index contributed by atoms with van der Waals surface area (Å²) in [5, 5.41) is 2.07. The SMILES string of the molecule is NNc1cc(C(=O)NCC(F)F)cc(Cl)n1. The number of nitrogens with one attached hydrogen (secondary N) is 2. The van der Waals surface area contributed by atoms with Crippen molar-refractivity contribution in [2.24, 2.45) is 5.84 Å². The molecule has 4 N–H and O–H groups in total. The number of nitrogens with zero attached hydrogens (tertiary/aromatic N) is 1. The number of nitrogens with two attached hydrogens (primary N) is 1. The van der Waals surface area contributed by atoms with Crippen LogP contribution in [0.3, 0.4) is 0 Å². The fraction of sp³-hybridized carbons (Fsp3) is 0.250. The molecule has 0 aromatic carbocycles. The maximum atomic E-state index is 11.9. The lowest BCUT2D eigenvalue weighted by molar-refractivity contribution is 0.0891. The summed E-state index contributed by atoms with van der Waals surface area (Å²) >= 11 is 5.60. The number of carbonyl (C=O) groups is 1. The van der Waals surface area contributed by atoms with Crippen LogP contribution in [0, 0.1) is 0 Å². The lowest BCUT2D eigenvalue weighted by Crippen LogP contribution is -2.28. The molecule has 1 heterocycles. The molecule has 0 saturated heterocycles. The van der Waals surface area contributed by atoms with Crippen molar-refractivity contribution in [3.8, 4) is 0 Å². The van der Waals surface area contributed by atoms with Gasteiger partial charge >= 0.3 is 0 Å². The molecule has 16 heavy (non-hydrogen) atoms. The van der Waals surface area contributed by atoms with Crippen LogP contribution in [-0.4, -0.2) is 23.9 Å². The summed E-state index contributed by atoms with van der Waals surface area (Å²) in [7, 11) is 0. The Morgan fingerprint density at radius 3 is 2.81 bits per heavy atom. The van der Waals surface area contributed by atoms with Crippen LogP contribution in [0.25, 0.3) is 0 Å². The topological polar surface area (TPSA) is 80.0 Å². The van der Waals surface area contributed by atoms with Crippen molar-refractivity contribution in [3.63, 3.8) is 0 Å². The molecule has 88 valence electrons. The minimum Gasteiger partial charge on any atom is -0.346 e. The number of hydrazine groups is 1. The monoisotopic (exact) mass is 250 g/mol. The molecule has 5 nitrogen and oxygen atoms in total. The maximum absolute atomic E-state index is 11.9. The molecule has 1 aromatic rings. The van der Waals surface area contributed by atoms with Gasteiger partial charge in [0.25, 0.3) is 12.3 Å². The molecule has 1 rings (SSSR count). The number of aromatic nitrogens is 1. The Labute approximate surface area is 95.0 Å². The number of amides is 1. The highest BCUT2D eigenvalue weighted by atomic mass is 35.5. The number of nitrogen functional groups attached to an aromatic ring is 1. The molecular formula is C8H9ClF2N4O. The van der Waals surface area contributed by atoms with Crippen LogP contribution in [0.5, 0.6) is 0 Å². The number of carbonyl (C=O) groups excluding carboxylic acids is 1. The quantitative estimate of drug-likeness (QED) is 0.423. The Morgan fingerprint density at radius 2 is 2.25 bits per heavy atom. The number of alkyl halides is 2. The Kier molecular flexibility index (Phi) is 4.39. The van der Waals surface area contributed by atoms with E-state index in [1.807, 2.05) is 5.32 Å². The van der Waals surface area contributed by atoms with Crippen molar-refractivity contribution in [1.82, 2.24) is 10.3 Å². The number of hydrogen-bond acceptors (Lipinski definition) is 4. The van der Waals surface area contributed by atoms with Crippen LogP contribution in [0.15, 0.2) is 12.1 Å². The van der Waals surface area contributed by atoms with Crippen molar-refractivity contribution in [1.29, 1.82) is 0 Å². The van der Waals surface area contributed by atoms with Gasteiger partial charge in [0.1, 0.15) is 11.0 Å². The number of halogens is 3. The minimum absolute atomic E-state index is 0.0395. The zero-order chi connectivity index (χ0) is 12.1. The van der Waals surface area contributed by atoms with Crippen molar-refractivity contribution in [2.45, 2.75) is 6.43 Å². The zero-order valence-corrected chi connectivity index (χ0v) is 8.76. The molecule has 0 saturated carbocycles. The number of anilines is 1. The maximum Gasteiger partial charge on any atom is 0.255 e. The minimum atomic E-state index is -2.60. The van der Waals surface area contributed by atoms with E-state index in [-0.39, 0.29) is 16.5 Å². The second-order valence-electron chi connectivity index (χ2n) is 2.81. The molecule has 0 atom stereocenters. The third-order valence-corrected chi connectivity index (χ3v) is 1.81. The summed E-state index contributed by atoms with van der Waals surface area (Å²) in [6, 6.07) is 2.55. The van der Waals surface area contributed by atoms with E-state index in [0.717, 1.165) is 0 Å². The average Bonchev–Trinajstić information content (AvgIpc) is 2.24. The molecule has 1 aromatic heterocycles. The van der Waals surface area contributed by atoms with E-state index in [0.29, 0.717) is 0 Å². The Morgan fingerprint density at radius 1 is 1.56 bits per heavy atom. The first kappa shape index (κ1) is 12.6. The normalized spacial score (nSPS) is 10.3. The summed E-state index contributed by atoms with van der Waals surface area (Å²) in [4.78, 5) is 15.1. The molecule has 1 amide bonds. The summed E-state index contributed by atoms with van der Waals surface area (Å²) in [6.07, 6.45) is -2.60. The van der Waals surface area contributed by atoms with Gasteiger partial charge in [0.05, 0.1) is 6.54 Å². The van der Waals surface area contributed by atoms with Crippen molar-refractivity contribution in [2.75, 3.05) is 12.0 Å². The van der Waals surface area contributed by atoms with Crippen molar-refractivity contribution in [3.05, 3.63) is 22.8 Å². The van der Waals surface area contributed by atoms with E-state index in [1.165, 1.54) is 12.1 Å². The summed E-state index contributed by atoms with van der Waals surface area (Å²) < 4.78 is 23.7. The summed E-state index contributed by atoms with van der Waals surface area (Å²) in [5.74, 6) is 4.60. The lowest BCUT2D eigenvalue weighted by atomic mass is 10.2. The fourth-order valence-electron chi connectivity index (χ4n) is 0.974. The van der Waals surface area contributed by atoms with Crippen molar-refractivity contribution >= 4 is 23.3 Å². The molecule has 8 heteroatoms. The Hall–Kier alpha value is -1.47. The molecule has 0 radical (unpaired) electrons. The molecule has 0 fully saturated rings. The molecule has 0 aliphatic heterocycles. The highest BCUT2D eigenvalue weighted by Crippen LogP contribution is 2.13. The first-order chi connectivity index (χ1) is 7.52. The highest BCUT2D eigenvalue weighted by molar-refractivity contribution is 6.29. The van der Waals surface area contributed by atoms with Gasteiger partial charge in [0, 0.05) is 5.56 Å². The van der Waals surface area contributed by atoms with Crippen LogP contribution in [0.2, 0.25) is 5.15 Å². The Balaban J connectivity index is 2.78. The van der Waals surface area contributed by atoms with Gasteiger partial charge in [0.2, 0.25) is 0 Å². The number of pyridine rings is 1. The van der Waals surface area contributed by atoms with Gasteiger partial charge < -0.3 is 10.7 Å². The molecule has 0 spiro atoms. The van der Waals surface area contributed by atoms with E-state index in [1.54, 1.807) is 0 Å². The summed E-state index contributed by atoms with van der Waals surface area (Å²) in [5.41, 5.74) is 2.31. The van der Waals surface area contributed by atoms with Gasteiger partial charge in [-0.1, -0.05) is 11.6 Å². The molecule has 0 unspecified atom stereocenters. The van der Waals surface area contributed by atoms with Gasteiger partial charge in [-0.2, -0.15) is 0 Å².